The van der Waals surface area contributed by atoms with Crippen LogP contribution in [0.1, 0.15) is 31.8 Å². The van der Waals surface area contributed by atoms with Crippen LogP contribution in [0.4, 0.5) is 0 Å². The van der Waals surface area contributed by atoms with Gasteiger partial charge >= 0.3 is 0 Å². The van der Waals surface area contributed by atoms with Gasteiger partial charge in [0.1, 0.15) is 0 Å². The van der Waals surface area contributed by atoms with Crippen molar-refractivity contribution in [1.82, 2.24) is 10.6 Å². The Balaban J connectivity index is 1.26. The fourth-order valence-corrected chi connectivity index (χ4v) is 5.45. The SMILES string of the molecule is O=C(C1=CC=CC1=C(NCCNC(=C1C=CC=C1C(=O)c1ccccc1)c1ccccc1)c1ccccc1)c1ccccc1. The summed E-state index contributed by atoms with van der Waals surface area (Å²) in [7, 11) is 0. The predicted octanol–water partition coefficient (Wildman–Crippen LogP) is 7.75. The van der Waals surface area contributed by atoms with Crippen molar-refractivity contribution in [3.63, 3.8) is 0 Å². The highest BCUT2D eigenvalue weighted by Gasteiger charge is 2.23. The summed E-state index contributed by atoms with van der Waals surface area (Å²) in [4.78, 5) is 27.0. The lowest BCUT2D eigenvalue weighted by molar-refractivity contribution is 0.102. The van der Waals surface area contributed by atoms with Gasteiger partial charge in [0.2, 0.25) is 0 Å². The predicted molar refractivity (Wildman–Crippen MR) is 179 cm³/mol. The fraction of sp³-hybridized carbons (Fsp3) is 0.0500. The molecule has 6 rings (SSSR count). The van der Waals surface area contributed by atoms with Gasteiger partial charge in [-0.2, -0.15) is 0 Å². The third kappa shape index (κ3) is 6.20. The second-order valence-electron chi connectivity index (χ2n) is 10.4. The van der Waals surface area contributed by atoms with Gasteiger partial charge < -0.3 is 10.6 Å². The Hall–Kier alpha value is -5.74. The van der Waals surface area contributed by atoms with E-state index in [0.717, 1.165) is 33.7 Å². The summed E-state index contributed by atoms with van der Waals surface area (Å²) in [6.45, 7) is 1.15. The molecule has 214 valence electrons. The molecule has 0 radical (unpaired) electrons. The number of hydrogen-bond donors (Lipinski definition) is 2. The van der Waals surface area contributed by atoms with E-state index in [2.05, 4.69) is 10.6 Å². The van der Waals surface area contributed by atoms with Crippen LogP contribution < -0.4 is 10.6 Å². The van der Waals surface area contributed by atoms with Gasteiger partial charge in [0, 0.05) is 57.9 Å². The summed E-state index contributed by atoms with van der Waals surface area (Å²) < 4.78 is 0. The van der Waals surface area contributed by atoms with Crippen LogP contribution in [0.5, 0.6) is 0 Å². The normalized spacial score (nSPS) is 15.8. The Labute approximate surface area is 258 Å². The minimum absolute atomic E-state index is 0.00882. The first-order chi connectivity index (χ1) is 21.7. The molecule has 4 aromatic carbocycles. The van der Waals surface area contributed by atoms with E-state index in [1.807, 2.05) is 158 Å². The van der Waals surface area contributed by atoms with Crippen LogP contribution in [0.25, 0.3) is 11.4 Å². The van der Waals surface area contributed by atoms with Crippen LogP contribution in [0.3, 0.4) is 0 Å². The molecule has 4 nitrogen and oxygen atoms in total. The molecule has 0 saturated carbocycles. The van der Waals surface area contributed by atoms with Gasteiger partial charge in [-0.05, 0) is 11.1 Å². The Morgan fingerprint density at radius 2 is 0.750 bits per heavy atom. The van der Waals surface area contributed by atoms with E-state index in [1.165, 1.54) is 0 Å². The molecule has 0 spiro atoms. The van der Waals surface area contributed by atoms with Crippen molar-refractivity contribution in [3.05, 3.63) is 202 Å². The maximum absolute atomic E-state index is 13.5. The first-order valence-electron chi connectivity index (χ1n) is 14.7. The second-order valence-corrected chi connectivity index (χ2v) is 10.4. The lowest BCUT2D eigenvalue weighted by atomic mass is 9.95. The largest absolute Gasteiger partial charge is 0.382 e. The Kier molecular flexibility index (Phi) is 8.70. The van der Waals surface area contributed by atoms with Gasteiger partial charge in [0.15, 0.2) is 11.6 Å². The van der Waals surface area contributed by atoms with E-state index >= 15 is 0 Å². The monoisotopic (exact) mass is 572 g/mol. The van der Waals surface area contributed by atoms with Crippen LogP contribution in [0, 0.1) is 0 Å². The highest BCUT2D eigenvalue weighted by molar-refractivity contribution is 6.15. The quantitative estimate of drug-likeness (QED) is 0.143. The molecule has 2 aliphatic carbocycles. The highest BCUT2D eigenvalue weighted by Crippen LogP contribution is 2.31. The van der Waals surface area contributed by atoms with Crippen LogP contribution >= 0.6 is 0 Å². The minimum atomic E-state index is -0.00882. The van der Waals surface area contributed by atoms with Crippen molar-refractivity contribution < 1.29 is 9.59 Å². The summed E-state index contributed by atoms with van der Waals surface area (Å²) in [5, 5.41) is 7.24. The molecule has 0 heterocycles. The van der Waals surface area contributed by atoms with Gasteiger partial charge in [-0.1, -0.05) is 158 Å². The number of ketones is 2. The molecular weight excluding hydrogens is 540 g/mol. The maximum Gasteiger partial charge on any atom is 0.193 e. The smallest absolute Gasteiger partial charge is 0.193 e. The summed E-state index contributed by atoms with van der Waals surface area (Å²) in [5.41, 5.74) is 8.16. The van der Waals surface area contributed by atoms with Crippen molar-refractivity contribution in [2.24, 2.45) is 0 Å². The molecule has 44 heavy (non-hydrogen) atoms. The molecule has 0 amide bonds. The van der Waals surface area contributed by atoms with Gasteiger partial charge in [-0.3, -0.25) is 9.59 Å². The summed E-state index contributed by atoms with van der Waals surface area (Å²) >= 11 is 0. The standard InChI is InChI=1S/C40H32N2O2/c43-39(31-19-9-3-10-20-31)35-25-13-23-33(35)37(29-15-5-1-6-16-29)41-27-28-42-38(30-17-7-2-8-18-30)34-24-14-26-36(34)40(44)32-21-11-4-12-22-32/h1-26,41-42H,27-28H2. The van der Waals surface area contributed by atoms with Crippen LogP contribution in [-0.4, -0.2) is 24.7 Å². The molecule has 0 aromatic heterocycles. The van der Waals surface area contributed by atoms with E-state index in [9.17, 15) is 9.59 Å². The van der Waals surface area contributed by atoms with Crippen LogP contribution in [0.15, 0.2) is 180 Å². The van der Waals surface area contributed by atoms with Crippen molar-refractivity contribution in [2.75, 3.05) is 13.1 Å². The molecule has 0 saturated heterocycles. The maximum atomic E-state index is 13.5. The molecule has 0 bridgehead atoms. The average Bonchev–Trinajstić information content (AvgIpc) is 3.78. The molecule has 0 aliphatic heterocycles. The molecular formula is C40H32N2O2. The number of nitrogens with one attached hydrogen (secondary N) is 2. The molecule has 0 fully saturated rings. The first-order valence-corrected chi connectivity index (χ1v) is 14.7. The van der Waals surface area contributed by atoms with E-state index in [1.54, 1.807) is 0 Å². The Bertz CT molecular complexity index is 1700. The Morgan fingerprint density at radius 1 is 0.432 bits per heavy atom. The molecule has 4 heteroatoms. The van der Waals surface area contributed by atoms with Crippen molar-refractivity contribution >= 4 is 23.0 Å². The summed E-state index contributed by atoms with van der Waals surface area (Å²) in [6.07, 6.45) is 11.6. The van der Waals surface area contributed by atoms with Crippen molar-refractivity contribution in [3.8, 4) is 0 Å². The molecule has 2 aliphatic rings. The molecule has 4 aromatic rings. The first kappa shape index (κ1) is 28.4. The molecule has 0 unspecified atom stereocenters. The van der Waals surface area contributed by atoms with Crippen LogP contribution in [0.2, 0.25) is 0 Å². The number of carbonyl (C=O) groups excluding carboxylic acids is 2. The van der Waals surface area contributed by atoms with Gasteiger partial charge in [-0.25, -0.2) is 0 Å². The second kappa shape index (κ2) is 13.5. The summed E-state index contributed by atoms with van der Waals surface area (Å²) in [6, 6.07) is 38.9. The number of hydrogen-bond acceptors (Lipinski definition) is 4. The lowest BCUT2D eigenvalue weighted by Gasteiger charge is -2.19. The van der Waals surface area contributed by atoms with Gasteiger partial charge in [0.25, 0.3) is 0 Å². The van der Waals surface area contributed by atoms with E-state index < -0.39 is 0 Å². The fourth-order valence-electron chi connectivity index (χ4n) is 5.45. The van der Waals surface area contributed by atoms with Crippen molar-refractivity contribution in [2.45, 2.75) is 0 Å². The van der Waals surface area contributed by atoms with Gasteiger partial charge in [0.05, 0.1) is 0 Å². The van der Waals surface area contributed by atoms with Gasteiger partial charge in [-0.15, -0.1) is 0 Å². The molecule has 2 N–H and O–H groups in total. The average molecular weight is 573 g/mol. The zero-order chi connectivity index (χ0) is 30.1. The summed E-state index contributed by atoms with van der Waals surface area (Å²) in [5.74, 6) is -0.0176. The zero-order valence-electron chi connectivity index (χ0n) is 24.2. The zero-order valence-corrected chi connectivity index (χ0v) is 24.2. The van der Waals surface area contributed by atoms with E-state index in [4.69, 9.17) is 0 Å². The van der Waals surface area contributed by atoms with Crippen molar-refractivity contribution in [1.29, 1.82) is 0 Å². The Morgan fingerprint density at radius 3 is 1.09 bits per heavy atom. The topological polar surface area (TPSA) is 58.2 Å². The third-order valence-corrected chi connectivity index (χ3v) is 7.59. The lowest BCUT2D eigenvalue weighted by Crippen LogP contribution is -2.27. The minimum Gasteiger partial charge on any atom is -0.382 e. The number of benzene rings is 4. The van der Waals surface area contributed by atoms with Crippen LogP contribution in [-0.2, 0) is 0 Å². The third-order valence-electron chi connectivity index (χ3n) is 7.59. The number of allylic oxidation sites excluding steroid dienone is 10. The number of Topliss-reactive ketones (excluding diaryl/α,β-unsaturated/α-hetero) is 2. The van der Waals surface area contributed by atoms with E-state index in [-0.39, 0.29) is 11.6 Å². The van der Waals surface area contributed by atoms with E-state index in [0.29, 0.717) is 35.4 Å². The number of rotatable bonds is 11. The number of carbonyl (C=O) groups is 2. The molecule has 0 atom stereocenters. The highest BCUT2D eigenvalue weighted by atomic mass is 16.1.